The first-order valence-corrected chi connectivity index (χ1v) is 5.00. The molecule has 4 nitrogen and oxygen atoms in total. The standard InChI is InChI=1S/C11H14N4/c1-2-10-13-6-7-15(10)8-9-4-3-5-14-11(9)12/h3-7H,2,8H2,1H3,(H2,12,14). The van der Waals surface area contributed by atoms with E-state index in [0.717, 1.165) is 24.4 Å². The Morgan fingerprint density at radius 1 is 1.33 bits per heavy atom. The number of aryl methyl sites for hydroxylation is 1. The van der Waals surface area contributed by atoms with E-state index in [-0.39, 0.29) is 0 Å². The average molecular weight is 202 g/mol. The van der Waals surface area contributed by atoms with Crippen LogP contribution in [-0.2, 0) is 13.0 Å². The lowest BCUT2D eigenvalue weighted by molar-refractivity contribution is 0.731. The molecule has 0 aromatic carbocycles. The molecular formula is C11H14N4. The summed E-state index contributed by atoms with van der Waals surface area (Å²) in [5.41, 5.74) is 6.82. The van der Waals surface area contributed by atoms with Crippen LogP contribution in [0.1, 0.15) is 18.3 Å². The van der Waals surface area contributed by atoms with E-state index in [1.807, 2.05) is 24.5 Å². The van der Waals surface area contributed by atoms with Crippen LogP contribution in [0.5, 0.6) is 0 Å². The molecular weight excluding hydrogens is 188 g/mol. The minimum absolute atomic E-state index is 0.591. The summed E-state index contributed by atoms with van der Waals surface area (Å²) in [6.07, 6.45) is 6.40. The highest BCUT2D eigenvalue weighted by Gasteiger charge is 2.03. The van der Waals surface area contributed by atoms with Crippen LogP contribution in [0.4, 0.5) is 5.82 Å². The van der Waals surface area contributed by atoms with Crippen molar-refractivity contribution in [1.29, 1.82) is 0 Å². The summed E-state index contributed by atoms with van der Waals surface area (Å²) in [4.78, 5) is 8.32. The van der Waals surface area contributed by atoms with Crippen molar-refractivity contribution in [2.75, 3.05) is 5.73 Å². The van der Waals surface area contributed by atoms with Gasteiger partial charge in [0.2, 0.25) is 0 Å². The number of imidazole rings is 1. The van der Waals surface area contributed by atoms with Gasteiger partial charge in [-0.05, 0) is 6.07 Å². The summed E-state index contributed by atoms with van der Waals surface area (Å²) in [5, 5.41) is 0. The lowest BCUT2D eigenvalue weighted by Crippen LogP contribution is -2.06. The summed E-state index contributed by atoms with van der Waals surface area (Å²) < 4.78 is 2.09. The van der Waals surface area contributed by atoms with Crippen LogP contribution >= 0.6 is 0 Å². The zero-order valence-corrected chi connectivity index (χ0v) is 8.72. The predicted octanol–water partition coefficient (Wildman–Crippen LogP) is 1.47. The summed E-state index contributed by atoms with van der Waals surface area (Å²) in [6.45, 7) is 2.83. The van der Waals surface area contributed by atoms with Crippen LogP contribution in [0, 0.1) is 0 Å². The second-order valence-electron chi connectivity index (χ2n) is 3.37. The van der Waals surface area contributed by atoms with Gasteiger partial charge in [-0.15, -0.1) is 0 Å². The predicted molar refractivity (Wildman–Crippen MR) is 59.4 cm³/mol. The molecule has 2 N–H and O–H groups in total. The van der Waals surface area contributed by atoms with Crippen molar-refractivity contribution < 1.29 is 0 Å². The van der Waals surface area contributed by atoms with Crippen molar-refractivity contribution in [2.45, 2.75) is 19.9 Å². The second-order valence-corrected chi connectivity index (χ2v) is 3.37. The van der Waals surface area contributed by atoms with Crippen molar-refractivity contribution in [1.82, 2.24) is 14.5 Å². The molecule has 0 fully saturated rings. The third-order valence-corrected chi connectivity index (χ3v) is 2.38. The van der Waals surface area contributed by atoms with Gasteiger partial charge in [-0.25, -0.2) is 9.97 Å². The lowest BCUT2D eigenvalue weighted by Gasteiger charge is -2.07. The molecule has 78 valence electrons. The largest absolute Gasteiger partial charge is 0.383 e. The van der Waals surface area contributed by atoms with E-state index in [1.165, 1.54) is 0 Å². The van der Waals surface area contributed by atoms with Gasteiger partial charge >= 0.3 is 0 Å². The van der Waals surface area contributed by atoms with E-state index in [4.69, 9.17) is 5.73 Å². The molecule has 0 bridgehead atoms. The van der Waals surface area contributed by atoms with Gasteiger partial charge in [0.1, 0.15) is 11.6 Å². The van der Waals surface area contributed by atoms with Gasteiger partial charge in [-0.1, -0.05) is 13.0 Å². The third-order valence-electron chi connectivity index (χ3n) is 2.38. The summed E-state index contributed by atoms with van der Waals surface area (Å²) >= 11 is 0. The highest BCUT2D eigenvalue weighted by molar-refractivity contribution is 5.38. The van der Waals surface area contributed by atoms with Crippen LogP contribution in [0.3, 0.4) is 0 Å². The Balaban J connectivity index is 2.26. The van der Waals surface area contributed by atoms with Crippen LogP contribution in [0.25, 0.3) is 0 Å². The smallest absolute Gasteiger partial charge is 0.128 e. The number of nitrogens with zero attached hydrogens (tertiary/aromatic N) is 3. The van der Waals surface area contributed by atoms with Crippen molar-refractivity contribution >= 4 is 5.82 Å². The molecule has 0 unspecified atom stereocenters. The first-order valence-electron chi connectivity index (χ1n) is 5.00. The molecule has 0 radical (unpaired) electrons. The monoisotopic (exact) mass is 202 g/mol. The molecule has 2 rings (SSSR count). The molecule has 0 atom stereocenters. The summed E-state index contributed by atoms with van der Waals surface area (Å²) in [7, 11) is 0. The lowest BCUT2D eigenvalue weighted by atomic mass is 10.2. The van der Waals surface area contributed by atoms with Gasteiger partial charge in [0.15, 0.2) is 0 Å². The SMILES string of the molecule is CCc1nccn1Cc1cccnc1N. The molecule has 0 aliphatic heterocycles. The van der Waals surface area contributed by atoms with Gasteiger partial charge in [-0.2, -0.15) is 0 Å². The second kappa shape index (κ2) is 4.13. The highest BCUT2D eigenvalue weighted by atomic mass is 15.1. The maximum atomic E-state index is 5.78. The maximum Gasteiger partial charge on any atom is 0.128 e. The van der Waals surface area contributed by atoms with Crippen molar-refractivity contribution in [3.63, 3.8) is 0 Å². The fraction of sp³-hybridized carbons (Fsp3) is 0.273. The van der Waals surface area contributed by atoms with Crippen LogP contribution < -0.4 is 5.73 Å². The maximum absolute atomic E-state index is 5.78. The van der Waals surface area contributed by atoms with Gasteiger partial charge < -0.3 is 10.3 Å². The highest BCUT2D eigenvalue weighted by Crippen LogP contribution is 2.10. The normalized spacial score (nSPS) is 10.5. The van der Waals surface area contributed by atoms with Gasteiger partial charge in [0.25, 0.3) is 0 Å². The first kappa shape index (κ1) is 9.71. The quantitative estimate of drug-likeness (QED) is 0.820. The number of pyridine rings is 1. The fourth-order valence-electron chi connectivity index (χ4n) is 1.57. The Hall–Kier alpha value is -1.84. The Labute approximate surface area is 88.8 Å². The van der Waals surface area contributed by atoms with E-state index in [0.29, 0.717) is 5.82 Å². The average Bonchev–Trinajstić information content (AvgIpc) is 2.69. The van der Waals surface area contributed by atoms with E-state index in [2.05, 4.69) is 21.5 Å². The Morgan fingerprint density at radius 2 is 2.20 bits per heavy atom. The van der Waals surface area contributed by atoms with Crippen LogP contribution in [0.15, 0.2) is 30.7 Å². The topological polar surface area (TPSA) is 56.7 Å². The molecule has 0 saturated carbocycles. The molecule has 0 aliphatic rings. The van der Waals surface area contributed by atoms with Crippen LogP contribution in [0.2, 0.25) is 0 Å². The van der Waals surface area contributed by atoms with Gasteiger partial charge in [-0.3, -0.25) is 0 Å². The Bertz CT molecular complexity index is 447. The van der Waals surface area contributed by atoms with E-state index in [9.17, 15) is 0 Å². The van der Waals surface area contributed by atoms with Gasteiger partial charge in [0.05, 0.1) is 6.54 Å². The molecule has 0 saturated heterocycles. The molecule has 0 aliphatic carbocycles. The number of rotatable bonds is 3. The van der Waals surface area contributed by atoms with E-state index in [1.54, 1.807) is 6.20 Å². The fourth-order valence-corrected chi connectivity index (χ4v) is 1.57. The van der Waals surface area contributed by atoms with E-state index < -0.39 is 0 Å². The molecule has 0 amide bonds. The number of hydrogen-bond acceptors (Lipinski definition) is 3. The number of anilines is 1. The Kier molecular flexibility index (Phi) is 2.67. The molecule has 2 aromatic heterocycles. The zero-order valence-electron chi connectivity index (χ0n) is 8.72. The Morgan fingerprint density at radius 3 is 2.93 bits per heavy atom. The molecule has 15 heavy (non-hydrogen) atoms. The van der Waals surface area contributed by atoms with Crippen molar-refractivity contribution in [2.24, 2.45) is 0 Å². The summed E-state index contributed by atoms with van der Waals surface area (Å²) in [5.74, 6) is 1.66. The summed E-state index contributed by atoms with van der Waals surface area (Å²) in [6, 6.07) is 3.88. The third kappa shape index (κ3) is 1.98. The molecule has 4 heteroatoms. The number of hydrogen-bond donors (Lipinski definition) is 1. The molecule has 0 spiro atoms. The van der Waals surface area contributed by atoms with Crippen molar-refractivity contribution in [3.8, 4) is 0 Å². The minimum Gasteiger partial charge on any atom is -0.383 e. The number of nitrogen functional groups attached to an aromatic ring is 1. The minimum atomic E-state index is 0.591. The number of aromatic nitrogens is 3. The van der Waals surface area contributed by atoms with E-state index >= 15 is 0 Å². The first-order chi connectivity index (χ1) is 7.31. The molecule has 2 heterocycles. The van der Waals surface area contributed by atoms with Crippen molar-refractivity contribution in [3.05, 3.63) is 42.1 Å². The van der Waals surface area contributed by atoms with Crippen LogP contribution in [-0.4, -0.2) is 14.5 Å². The molecule has 2 aromatic rings. The zero-order chi connectivity index (χ0) is 10.7. The number of nitrogens with two attached hydrogens (primary N) is 1. The van der Waals surface area contributed by atoms with Gasteiger partial charge in [0, 0.05) is 30.6 Å².